The van der Waals surface area contributed by atoms with Crippen molar-refractivity contribution in [2.45, 2.75) is 6.42 Å². The Hall–Kier alpha value is -7.63. The van der Waals surface area contributed by atoms with E-state index in [9.17, 15) is 0 Å². The van der Waals surface area contributed by atoms with Crippen LogP contribution in [0.5, 0.6) is 0 Å². The van der Waals surface area contributed by atoms with Gasteiger partial charge in [0.25, 0.3) is 0 Å². The molecular formula is C52H33N5. The number of aromatic nitrogens is 5. The topological polar surface area (TPSA) is 48.5 Å². The van der Waals surface area contributed by atoms with Gasteiger partial charge in [-0.3, -0.25) is 0 Å². The molecule has 0 spiro atoms. The SMILES string of the molecule is c1ccc(-c2nc(-c3ccccc3)nc(-c3ccc4c(c3)Cc3c-4cccc3-n3c4ccccc4c4cc5c(cc43)c3ccccc3n5-c3ccccc3)n2)cc1. The molecule has 12 rings (SSSR count). The number of hydrogen-bond donors (Lipinski definition) is 0. The van der Waals surface area contributed by atoms with Gasteiger partial charge >= 0.3 is 0 Å². The van der Waals surface area contributed by atoms with Crippen molar-refractivity contribution in [3.8, 4) is 56.7 Å². The maximum absolute atomic E-state index is 5.04. The Kier molecular flexibility index (Phi) is 6.92. The standard InChI is InChI=1S/C52H33N5/c1-4-15-33(16-5-1)50-53-51(34-17-6-2-7-18-34)55-52(54-50)35-27-28-38-36(29-35)30-42-39(38)23-14-26-47(42)57-46-25-13-11-22-41(46)44-31-48-43(32-49(44)57)40-21-10-12-24-45(40)56(48)37-19-8-3-9-20-37/h1-29,31-32H,30H2. The Morgan fingerprint density at radius 3 is 1.51 bits per heavy atom. The Bertz CT molecular complexity index is 3300. The van der Waals surface area contributed by atoms with E-state index < -0.39 is 0 Å². The first-order valence-electron chi connectivity index (χ1n) is 19.4. The summed E-state index contributed by atoms with van der Waals surface area (Å²) in [5, 5.41) is 4.98. The van der Waals surface area contributed by atoms with Crippen LogP contribution >= 0.6 is 0 Å². The van der Waals surface area contributed by atoms with Crippen LogP contribution < -0.4 is 0 Å². The molecule has 11 aromatic rings. The molecule has 1 aliphatic rings. The van der Waals surface area contributed by atoms with Crippen LogP contribution in [-0.2, 0) is 6.42 Å². The molecule has 3 heterocycles. The van der Waals surface area contributed by atoms with Crippen LogP contribution in [0.1, 0.15) is 11.1 Å². The van der Waals surface area contributed by atoms with E-state index in [4.69, 9.17) is 15.0 Å². The maximum atomic E-state index is 5.04. The van der Waals surface area contributed by atoms with E-state index in [1.54, 1.807) is 0 Å². The van der Waals surface area contributed by atoms with Crippen molar-refractivity contribution in [3.63, 3.8) is 0 Å². The highest BCUT2D eigenvalue weighted by molar-refractivity contribution is 6.19. The van der Waals surface area contributed by atoms with Gasteiger partial charge in [0.15, 0.2) is 17.5 Å². The minimum absolute atomic E-state index is 0.665. The summed E-state index contributed by atoms with van der Waals surface area (Å²) in [5.41, 5.74) is 15.2. The Balaban J connectivity index is 1.02. The molecule has 0 amide bonds. The number of hydrogen-bond acceptors (Lipinski definition) is 3. The summed E-state index contributed by atoms with van der Waals surface area (Å²) in [6.07, 6.45) is 0.806. The molecule has 0 atom stereocenters. The molecule has 266 valence electrons. The van der Waals surface area contributed by atoms with Crippen molar-refractivity contribution in [3.05, 3.63) is 199 Å². The van der Waals surface area contributed by atoms with Gasteiger partial charge in [0.2, 0.25) is 0 Å². The van der Waals surface area contributed by atoms with E-state index in [1.165, 1.54) is 71.6 Å². The second kappa shape index (κ2) is 12.4. The lowest BCUT2D eigenvalue weighted by molar-refractivity contribution is 1.07. The van der Waals surface area contributed by atoms with Gasteiger partial charge in [-0.15, -0.1) is 0 Å². The zero-order valence-corrected chi connectivity index (χ0v) is 30.8. The Labute approximate surface area is 328 Å². The molecule has 0 radical (unpaired) electrons. The summed E-state index contributed by atoms with van der Waals surface area (Å²) in [7, 11) is 0. The zero-order chi connectivity index (χ0) is 37.5. The van der Waals surface area contributed by atoms with Gasteiger partial charge in [-0.25, -0.2) is 15.0 Å². The van der Waals surface area contributed by atoms with Gasteiger partial charge in [-0.05, 0) is 70.8 Å². The summed E-state index contributed by atoms with van der Waals surface area (Å²) in [6, 6.07) is 66.9. The largest absolute Gasteiger partial charge is 0.309 e. The quantitative estimate of drug-likeness (QED) is 0.177. The van der Waals surface area contributed by atoms with Gasteiger partial charge in [0.05, 0.1) is 27.8 Å². The minimum atomic E-state index is 0.665. The van der Waals surface area contributed by atoms with Crippen molar-refractivity contribution in [1.82, 2.24) is 24.1 Å². The maximum Gasteiger partial charge on any atom is 0.164 e. The fourth-order valence-electron chi connectivity index (χ4n) is 9.04. The molecule has 3 aromatic heterocycles. The molecule has 5 nitrogen and oxygen atoms in total. The van der Waals surface area contributed by atoms with E-state index in [1.807, 2.05) is 36.4 Å². The summed E-state index contributed by atoms with van der Waals surface area (Å²) in [4.78, 5) is 15.0. The number of fused-ring (bicyclic) bond motifs is 9. The third-order valence-corrected chi connectivity index (χ3v) is 11.6. The number of benzene rings is 8. The fourth-order valence-corrected chi connectivity index (χ4v) is 9.04. The molecule has 0 bridgehead atoms. The van der Waals surface area contributed by atoms with Crippen LogP contribution in [0.3, 0.4) is 0 Å². The van der Waals surface area contributed by atoms with E-state index >= 15 is 0 Å². The van der Waals surface area contributed by atoms with E-state index in [-0.39, 0.29) is 0 Å². The lowest BCUT2D eigenvalue weighted by Gasteiger charge is -2.13. The van der Waals surface area contributed by atoms with Crippen LogP contribution in [0.15, 0.2) is 188 Å². The zero-order valence-electron chi connectivity index (χ0n) is 30.8. The van der Waals surface area contributed by atoms with Crippen LogP contribution in [0.25, 0.3) is 100 Å². The molecule has 0 aliphatic heterocycles. The molecular weight excluding hydrogens is 695 g/mol. The second-order valence-electron chi connectivity index (χ2n) is 14.8. The highest BCUT2D eigenvalue weighted by Crippen LogP contribution is 2.45. The third-order valence-electron chi connectivity index (χ3n) is 11.6. The number of rotatable bonds is 5. The van der Waals surface area contributed by atoms with Crippen molar-refractivity contribution < 1.29 is 0 Å². The average Bonchev–Trinajstić information content (AvgIpc) is 3.93. The monoisotopic (exact) mass is 727 g/mol. The van der Waals surface area contributed by atoms with Crippen molar-refractivity contribution in [1.29, 1.82) is 0 Å². The lowest BCUT2D eigenvalue weighted by Crippen LogP contribution is -2.00. The smallest absolute Gasteiger partial charge is 0.164 e. The van der Waals surface area contributed by atoms with Crippen molar-refractivity contribution >= 4 is 43.6 Å². The predicted molar refractivity (Wildman–Crippen MR) is 233 cm³/mol. The first-order chi connectivity index (χ1) is 28.3. The van der Waals surface area contributed by atoms with Crippen molar-refractivity contribution in [2.75, 3.05) is 0 Å². The van der Waals surface area contributed by atoms with Crippen LogP contribution in [0.4, 0.5) is 0 Å². The molecule has 0 N–H and O–H groups in total. The van der Waals surface area contributed by atoms with E-state index in [2.05, 4.69) is 161 Å². The van der Waals surface area contributed by atoms with Gasteiger partial charge in [0.1, 0.15) is 0 Å². The second-order valence-corrected chi connectivity index (χ2v) is 14.8. The molecule has 0 fully saturated rings. The average molecular weight is 728 g/mol. The van der Waals surface area contributed by atoms with Gasteiger partial charge in [-0.1, -0.05) is 140 Å². The molecule has 5 heteroatoms. The third kappa shape index (κ3) is 4.92. The lowest BCUT2D eigenvalue weighted by atomic mass is 10.0. The van der Waals surface area contributed by atoms with Crippen LogP contribution in [0, 0.1) is 0 Å². The number of para-hydroxylation sites is 3. The van der Waals surface area contributed by atoms with Gasteiger partial charge < -0.3 is 9.13 Å². The molecule has 0 unspecified atom stereocenters. The van der Waals surface area contributed by atoms with Crippen LogP contribution in [0.2, 0.25) is 0 Å². The summed E-state index contributed by atoms with van der Waals surface area (Å²) in [5.74, 6) is 2.00. The van der Waals surface area contributed by atoms with E-state index in [0.717, 1.165) is 28.8 Å². The summed E-state index contributed by atoms with van der Waals surface area (Å²) in [6.45, 7) is 0. The van der Waals surface area contributed by atoms with Gasteiger partial charge in [-0.2, -0.15) is 0 Å². The molecule has 1 aliphatic carbocycles. The molecule has 8 aromatic carbocycles. The Morgan fingerprint density at radius 1 is 0.351 bits per heavy atom. The summed E-state index contributed by atoms with van der Waals surface area (Å²) >= 11 is 0. The summed E-state index contributed by atoms with van der Waals surface area (Å²) < 4.78 is 4.90. The highest BCUT2D eigenvalue weighted by Gasteiger charge is 2.26. The van der Waals surface area contributed by atoms with Crippen molar-refractivity contribution in [2.24, 2.45) is 0 Å². The first-order valence-corrected chi connectivity index (χ1v) is 19.4. The van der Waals surface area contributed by atoms with E-state index in [0.29, 0.717) is 17.5 Å². The number of nitrogens with zero attached hydrogens (tertiary/aromatic N) is 5. The Morgan fingerprint density at radius 2 is 0.877 bits per heavy atom. The predicted octanol–water partition coefficient (Wildman–Crippen LogP) is 12.6. The fraction of sp³-hybridized carbons (Fsp3) is 0.0192. The molecule has 0 saturated heterocycles. The minimum Gasteiger partial charge on any atom is -0.309 e. The van der Waals surface area contributed by atoms with Crippen LogP contribution in [-0.4, -0.2) is 24.1 Å². The normalized spacial score (nSPS) is 12.1. The highest BCUT2D eigenvalue weighted by atomic mass is 15.0. The van der Waals surface area contributed by atoms with Gasteiger partial charge in [0, 0.05) is 50.3 Å². The molecule has 0 saturated carbocycles. The first kappa shape index (κ1) is 31.7. The molecule has 57 heavy (non-hydrogen) atoms.